The molecular weight excluding hydrogens is 317 g/mol. The van der Waals surface area contributed by atoms with Crippen molar-refractivity contribution in [3.05, 3.63) is 39.8 Å². The van der Waals surface area contributed by atoms with E-state index in [0.29, 0.717) is 16.3 Å². The van der Waals surface area contributed by atoms with E-state index in [0.717, 1.165) is 11.0 Å². The van der Waals surface area contributed by atoms with Crippen molar-refractivity contribution in [1.29, 1.82) is 5.26 Å². The standard InChI is InChI=1S/C16H19BClNO2S/c1-15(2)16(3,4)21-17(20-15)13(10-22)8-12-7-11(9-19)5-6-14(12)18/h5-8,22H,10H2,1-4H3. The van der Waals surface area contributed by atoms with Crippen LogP contribution in [0.15, 0.2) is 23.7 Å². The molecule has 0 radical (unpaired) electrons. The highest BCUT2D eigenvalue weighted by atomic mass is 35.5. The SMILES string of the molecule is CC1(C)OB(C(=Cc2cc(C#N)ccc2Cl)CS)OC1(C)C. The van der Waals surface area contributed by atoms with E-state index in [4.69, 9.17) is 26.2 Å². The normalized spacial score (nSPS) is 20.0. The molecule has 1 aliphatic rings. The number of halogens is 1. The molecule has 0 aliphatic carbocycles. The Morgan fingerprint density at radius 3 is 2.41 bits per heavy atom. The lowest BCUT2D eigenvalue weighted by atomic mass is 9.78. The first-order valence-corrected chi connectivity index (χ1v) is 8.08. The fourth-order valence-electron chi connectivity index (χ4n) is 2.11. The Bertz CT molecular complexity index is 636. The highest BCUT2D eigenvalue weighted by Crippen LogP contribution is 2.39. The van der Waals surface area contributed by atoms with E-state index in [1.807, 2.05) is 33.8 Å². The summed E-state index contributed by atoms with van der Waals surface area (Å²) in [5.41, 5.74) is 1.39. The quantitative estimate of drug-likeness (QED) is 0.666. The molecule has 1 saturated heterocycles. The zero-order chi connectivity index (χ0) is 16.5. The van der Waals surface area contributed by atoms with Crippen LogP contribution in [0.4, 0.5) is 0 Å². The number of nitrogens with zero attached hydrogens (tertiary/aromatic N) is 1. The number of hydrogen-bond donors (Lipinski definition) is 1. The van der Waals surface area contributed by atoms with Crippen LogP contribution in [0.3, 0.4) is 0 Å². The fraction of sp³-hybridized carbons (Fsp3) is 0.438. The van der Waals surface area contributed by atoms with Crippen LogP contribution >= 0.6 is 24.2 Å². The van der Waals surface area contributed by atoms with Crippen LogP contribution in [0.1, 0.15) is 38.8 Å². The lowest BCUT2D eigenvalue weighted by Crippen LogP contribution is -2.41. The second-order valence-electron chi connectivity index (χ2n) is 6.31. The van der Waals surface area contributed by atoms with Gasteiger partial charge in [-0.2, -0.15) is 17.9 Å². The minimum Gasteiger partial charge on any atom is -0.400 e. The maximum absolute atomic E-state index is 9.01. The Hall–Kier alpha value is -0.925. The Labute approximate surface area is 142 Å². The first-order valence-electron chi connectivity index (χ1n) is 7.07. The van der Waals surface area contributed by atoms with Crippen molar-refractivity contribution in [2.75, 3.05) is 5.75 Å². The third kappa shape index (κ3) is 3.36. The first kappa shape index (κ1) is 17.4. The lowest BCUT2D eigenvalue weighted by molar-refractivity contribution is 0.00578. The molecule has 6 heteroatoms. The van der Waals surface area contributed by atoms with E-state index < -0.39 is 18.3 Å². The maximum atomic E-state index is 9.01. The zero-order valence-electron chi connectivity index (χ0n) is 13.2. The number of hydrogen-bond acceptors (Lipinski definition) is 4. The smallest absolute Gasteiger partial charge is 0.400 e. The minimum atomic E-state index is -0.468. The van der Waals surface area contributed by atoms with Gasteiger partial charge in [-0.25, -0.2) is 0 Å². The van der Waals surface area contributed by atoms with Crippen molar-refractivity contribution in [2.24, 2.45) is 0 Å². The number of benzene rings is 1. The molecule has 3 nitrogen and oxygen atoms in total. The van der Waals surface area contributed by atoms with Gasteiger partial charge in [0, 0.05) is 10.8 Å². The molecule has 0 amide bonds. The van der Waals surface area contributed by atoms with Crippen molar-refractivity contribution in [2.45, 2.75) is 38.9 Å². The van der Waals surface area contributed by atoms with Gasteiger partial charge in [-0.05, 0) is 56.9 Å². The van der Waals surface area contributed by atoms with Crippen LogP contribution in [0, 0.1) is 11.3 Å². The minimum absolute atomic E-state index is 0.405. The summed E-state index contributed by atoms with van der Waals surface area (Å²) in [6.45, 7) is 8.03. The molecule has 2 rings (SSSR count). The molecule has 1 heterocycles. The Morgan fingerprint density at radius 1 is 1.32 bits per heavy atom. The molecule has 1 aliphatic heterocycles. The number of nitriles is 1. The molecule has 1 aromatic rings. The molecule has 0 bridgehead atoms. The van der Waals surface area contributed by atoms with Crippen molar-refractivity contribution in [3.63, 3.8) is 0 Å². The lowest BCUT2D eigenvalue weighted by Gasteiger charge is -2.32. The largest absolute Gasteiger partial charge is 0.491 e. The average Bonchev–Trinajstić information content (AvgIpc) is 2.66. The van der Waals surface area contributed by atoms with Gasteiger partial charge in [0.1, 0.15) is 0 Å². The van der Waals surface area contributed by atoms with Crippen LogP contribution in [0.5, 0.6) is 0 Å². The van der Waals surface area contributed by atoms with Crippen molar-refractivity contribution in [1.82, 2.24) is 0 Å². The topological polar surface area (TPSA) is 42.2 Å². The molecule has 116 valence electrons. The highest BCUT2D eigenvalue weighted by molar-refractivity contribution is 7.80. The van der Waals surface area contributed by atoms with Gasteiger partial charge in [0.05, 0.1) is 22.8 Å². The van der Waals surface area contributed by atoms with E-state index in [2.05, 4.69) is 18.7 Å². The van der Waals surface area contributed by atoms with Gasteiger partial charge >= 0.3 is 7.12 Å². The number of rotatable bonds is 3. The molecule has 0 saturated carbocycles. The summed E-state index contributed by atoms with van der Waals surface area (Å²) in [5, 5.41) is 9.59. The molecule has 0 aromatic heterocycles. The molecule has 1 aromatic carbocycles. The van der Waals surface area contributed by atoms with Gasteiger partial charge in [0.25, 0.3) is 0 Å². The van der Waals surface area contributed by atoms with Gasteiger partial charge < -0.3 is 9.31 Å². The summed E-state index contributed by atoms with van der Waals surface area (Å²) in [6, 6.07) is 7.26. The average molecular weight is 336 g/mol. The molecular formula is C16H19BClNO2S. The van der Waals surface area contributed by atoms with E-state index >= 15 is 0 Å². The molecule has 0 atom stereocenters. The van der Waals surface area contributed by atoms with Gasteiger partial charge in [-0.1, -0.05) is 17.7 Å². The van der Waals surface area contributed by atoms with E-state index in [9.17, 15) is 0 Å². The third-order valence-electron chi connectivity index (χ3n) is 4.20. The van der Waals surface area contributed by atoms with Crippen LogP contribution in [0.2, 0.25) is 5.02 Å². The summed E-state index contributed by atoms with van der Waals surface area (Å²) < 4.78 is 12.1. The Morgan fingerprint density at radius 2 is 1.91 bits per heavy atom. The fourth-order valence-corrected chi connectivity index (χ4v) is 2.52. The van der Waals surface area contributed by atoms with E-state index in [1.165, 1.54) is 0 Å². The predicted molar refractivity (Wildman–Crippen MR) is 94.1 cm³/mol. The summed E-state index contributed by atoms with van der Waals surface area (Å²) in [5.74, 6) is 0.476. The second-order valence-corrected chi connectivity index (χ2v) is 7.04. The van der Waals surface area contributed by atoms with Crippen molar-refractivity contribution in [3.8, 4) is 6.07 Å². The highest BCUT2D eigenvalue weighted by Gasteiger charge is 2.52. The molecule has 0 unspecified atom stereocenters. The monoisotopic (exact) mass is 335 g/mol. The zero-order valence-corrected chi connectivity index (χ0v) is 14.8. The Balaban J connectivity index is 2.36. The van der Waals surface area contributed by atoms with Gasteiger partial charge in [0.15, 0.2) is 0 Å². The van der Waals surface area contributed by atoms with Crippen LogP contribution < -0.4 is 0 Å². The summed E-state index contributed by atoms with van der Waals surface area (Å²) in [4.78, 5) is 0. The van der Waals surface area contributed by atoms with E-state index in [1.54, 1.807) is 18.2 Å². The third-order valence-corrected chi connectivity index (χ3v) is 4.91. The first-order chi connectivity index (χ1) is 10.2. The van der Waals surface area contributed by atoms with Crippen molar-refractivity contribution < 1.29 is 9.31 Å². The van der Waals surface area contributed by atoms with Crippen molar-refractivity contribution >= 4 is 37.4 Å². The predicted octanol–water partition coefficient (Wildman–Crippen LogP) is 4.16. The summed E-state index contributed by atoms with van der Waals surface area (Å²) in [6.07, 6.45) is 1.89. The molecule has 0 N–H and O–H groups in total. The van der Waals surface area contributed by atoms with Crippen LogP contribution in [-0.4, -0.2) is 24.1 Å². The van der Waals surface area contributed by atoms with Gasteiger partial charge in [0.2, 0.25) is 0 Å². The molecule has 0 spiro atoms. The maximum Gasteiger partial charge on any atom is 0.491 e. The van der Waals surface area contributed by atoms with Crippen LogP contribution in [-0.2, 0) is 9.31 Å². The molecule has 22 heavy (non-hydrogen) atoms. The summed E-state index contributed by atoms with van der Waals surface area (Å²) in [7, 11) is -0.468. The van der Waals surface area contributed by atoms with Gasteiger partial charge in [-0.3, -0.25) is 0 Å². The summed E-state index contributed by atoms with van der Waals surface area (Å²) >= 11 is 10.6. The van der Waals surface area contributed by atoms with Gasteiger partial charge in [-0.15, -0.1) is 0 Å². The van der Waals surface area contributed by atoms with Crippen LogP contribution in [0.25, 0.3) is 6.08 Å². The second kappa shape index (κ2) is 6.29. The Kier molecular flexibility index (Phi) is 4.98. The number of thiol groups is 1. The van der Waals surface area contributed by atoms with E-state index in [-0.39, 0.29) is 0 Å². The molecule has 1 fully saturated rings.